The summed E-state index contributed by atoms with van der Waals surface area (Å²) in [5.41, 5.74) is -1.10. The quantitative estimate of drug-likeness (QED) is 0.183. The van der Waals surface area contributed by atoms with E-state index in [1.165, 1.54) is 76.3 Å². The topological polar surface area (TPSA) is 113 Å². The Balaban J connectivity index is 1.13. The van der Waals surface area contributed by atoms with Gasteiger partial charge in [0.05, 0.1) is 39.0 Å². The fourth-order valence-electron chi connectivity index (χ4n) is 11.1. The summed E-state index contributed by atoms with van der Waals surface area (Å²) in [6, 6.07) is 6.50. The number of hydrogen-bond acceptors (Lipinski definition) is 10. The number of hydrogen-bond donors (Lipinski definition) is 2. The van der Waals surface area contributed by atoms with Crippen LogP contribution in [0.25, 0.3) is 32.9 Å². The summed E-state index contributed by atoms with van der Waals surface area (Å²) < 4.78 is 50.7. The lowest BCUT2D eigenvalue weighted by Gasteiger charge is -2.58. The first-order valence-corrected chi connectivity index (χ1v) is 20.3. The summed E-state index contributed by atoms with van der Waals surface area (Å²) in [4.78, 5) is 18.9. The maximum absolute atomic E-state index is 17.4. The zero-order valence-corrected chi connectivity index (χ0v) is 32.4. The number of aliphatic hydroxyl groups is 1. The molecule has 3 aliphatic carbocycles. The number of pyridine rings is 1. The molecule has 2 aromatic carbocycles. The van der Waals surface area contributed by atoms with Gasteiger partial charge < -0.3 is 29.3 Å². The minimum Gasteiger partial charge on any atom is -0.508 e. The highest BCUT2D eigenvalue weighted by Crippen LogP contribution is 2.57. The number of phenols is 1. The molecule has 2 saturated heterocycles. The standard InChI is InChI=1S/C44H51F2N5O5/c1-4-30-32(45)12-11-27-20-29(52)21-31(34(27)30)37-36(46)38-35(40(47-37)54-3)39(50-18-19-55-25-42(2,53)24-50)49-41(48-38)56-26-44-15-8-10-33(44)51(17-9-16-44)28-22-43(23-28)13-6-5-7-14-43/h1,11-12,20-21,28,33,52-53H,5-10,13-19,22-26H2,2-3H3/t33-,42+,44-/m1/s1. The Morgan fingerprint density at radius 2 is 1.80 bits per heavy atom. The molecule has 4 aromatic rings. The highest BCUT2D eigenvalue weighted by Gasteiger charge is 2.54. The van der Waals surface area contributed by atoms with E-state index in [0.717, 1.165) is 38.6 Å². The van der Waals surface area contributed by atoms with Crippen LogP contribution in [0.1, 0.15) is 89.5 Å². The number of aromatic hydroxyl groups is 1. The normalized spacial score (nSPS) is 26.9. The van der Waals surface area contributed by atoms with Crippen molar-refractivity contribution >= 4 is 27.5 Å². The van der Waals surface area contributed by atoms with Crippen molar-refractivity contribution in [3.8, 4) is 41.2 Å². The van der Waals surface area contributed by atoms with Crippen LogP contribution in [0.15, 0.2) is 24.3 Å². The molecule has 9 rings (SSSR count). The molecule has 10 nitrogen and oxygen atoms in total. The van der Waals surface area contributed by atoms with Crippen molar-refractivity contribution in [3.05, 3.63) is 41.5 Å². The van der Waals surface area contributed by atoms with Gasteiger partial charge in [0.25, 0.3) is 0 Å². The maximum Gasteiger partial charge on any atom is 0.319 e. The number of benzene rings is 2. The third kappa shape index (κ3) is 6.40. The summed E-state index contributed by atoms with van der Waals surface area (Å²) in [5, 5.41) is 22.8. The molecule has 2 aromatic heterocycles. The highest BCUT2D eigenvalue weighted by atomic mass is 19.1. The monoisotopic (exact) mass is 767 g/mol. The van der Waals surface area contributed by atoms with Gasteiger partial charge in [0, 0.05) is 35.0 Å². The summed E-state index contributed by atoms with van der Waals surface area (Å²) in [6.07, 6.45) is 20.7. The number of β-amino-alcohol motifs (C(OH)–C–C–N with tert-alkyl or cyclic N) is 1. The number of terminal acetylenes is 1. The predicted octanol–water partition coefficient (Wildman–Crippen LogP) is 7.53. The molecule has 0 radical (unpaired) electrons. The number of likely N-dealkylation sites (tertiary alicyclic amines) is 1. The Bertz CT molecular complexity index is 2210. The fourth-order valence-corrected chi connectivity index (χ4v) is 11.1. The van der Waals surface area contributed by atoms with E-state index in [0.29, 0.717) is 48.5 Å². The predicted molar refractivity (Wildman–Crippen MR) is 210 cm³/mol. The van der Waals surface area contributed by atoms with Gasteiger partial charge >= 0.3 is 6.01 Å². The minimum absolute atomic E-state index is 0.00604. The summed E-state index contributed by atoms with van der Waals surface area (Å²) in [5.74, 6) is 1.02. The third-order valence-electron chi connectivity index (χ3n) is 13.7. The minimum atomic E-state index is -1.23. The van der Waals surface area contributed by atoms with E-state index >= 15 is 8.78 Å². The second-order valence-corrected chi connectivity index (χ2v) is 17.5. The second-order valence-electron chi connectivity index (χ2n) is 17.5. The Labute approximate surface area is 326 Å². The van der Waals surface area contributed by atoms with Gasteiger partial charge in [0.15, 0.2) is 5.82 Å². The number of phenolic OH excluding ortho intramolecular Hbond substituents is 1. The molecule has 4 heterocycles. The zero-order valence-electron chi connectivity index (χ0n) is 32.4. The molecule has 2 aliphatic heterocycles. The van der Waals surface area contributed by atoms with Crippen molar-refractivity contribution in [1.29, 1.82) is 0 Å². The van der Waals surface area contributed by atoms with Crippen molar-refractivity contribution in [3.63, 3.8) is 0 Å². The Morgan fingerprint density at radius 1 is 1.00 bits per heavy atom. The fraction of sp³-hybridized carbons (Fsp3) is 0.568. The largest absolute Gasteiger partial charge is 0.508 e. The molecule has 5 aliphatic rings. The number of aromatic nitrogens is 3. The smallest absolute Gasteiger partial charge is 0.319 e. The molecular weight excluding hydrogens is 717 g/mol. The molecule has 56 heavy (non-hydrogen) atoms. The molecular formula is C44H51F2N5O5. The van der Waals surface area contributed by atoms with E-state index in [4.69, 9.17) is 30.6 Å². The molecule has 3 saturated carbocycles. The summed E-state index contributed by atoms with van der Waals surface area (Å²) in [6.45, 7) is 4.10. The van der Waals surface area contributed by atoms with E-state index < -0.39 is 17.2 Å². The molecule has 3 atom stereocenters. The van der Waals surface area contributed by atoms with Crippen molar-refractivity contribution in [1.82, 2.24) is 19.9 Å². The summed E-state index contributed by atoms with van der Waals surface area (Å²) in [7, 11) is 1.42. The number of halogens is 2. The number of anilines is 1. The van der Waals surface area contributed by atoms with Crippen LogP contribution >= 0.6 is 0 Å². The van der Waals surface area contributed by atoms with Crippen LogP contribution in [0, 0.1) is 34.8 Å². The number of piperidine rings is 1. The van der Waals surface area contributed by atoms with Gasteiger partial charge in [0.1, 0.15) is 39.6 Å². The summed E-state index contributed by atoms with van der Waals surface area (Å²) >= 11 is 0. The number of fused-ring (bicyclic) bond motifs is 3. The highest BCUT2D eigenvalue weighted by molar-refractivity contribution is 6.04. The van der Waals surface area contributed by atoms with Crippen LogP contribution in [-0.4, -0.2) is 94.3 Å². The first-order chi connectivity index (χ1) is 27.0. The molecule has 12 heteroatoms. The van der Waals surface area contributed by atoms with Gasteiger partial charge in [-0.1, -0.05) is 37.7 Å². The van der Waals surface area contributed by atoms with Gasteiger partial charge in [0.2, 0.25) is 5.88 Å². The number of nitrogens with zero attached hydrogens (tertiary/aromatic N) is 5. The van der Waals surface area contributed by atoms with E-state index in [2.05, 4.69) is 15.8 Å². The molecule has 296 valence electrons. The first kappa shape index (κ1) is 37.3. The van der Waals surface area contributed by atoms with Crippen LogP contribution in [-0.2, 0) is 4.74 Å². The van der Waals surface area contributed by atoms with Crippen LogP contribution < -0.4 is 14.4 Å². The van der Waals surface area contributed by atoms with Gasteiger partial charge in [-0.05, 0) is 93.8 Å². The SMILES string of the molecule is C#Cc1c(F)ccc2cc(O)cc(-c3nc(OC)c4c(N5CCOC[C@@](C)(O)C5)nc(OC[C@]56CCC[C@H]5N(C5CC7(CCCCC7)C5)CCC6)nc4c3F)c12. The molecule has 2 N–H and O–H groups in total. The van der Waals surface area contributed by atoms with Gasteiger partial charge in [-0.3, -0.25) is 4.90 Å². The van der Waals surface area contributed by atoms with Crippen molar-refractivity contribution in [2.24, 2.45) is 10.8 Å². The Kier molecular flexibility index (Phi) is 9.49. The van der Waals surface area contributed by atoms with Gasteiger partial charge in [-0.15, -0.1) is 6.42 Å². The zero-order chi connectivity index (χ0) is 38.8. The van der Waals surface area contributed by atoms with Crippen LogP contribution in [0.5, 0.6) is 17.6 Å². The van der Waals surface area contributed by atoms with E-state index in [1.54, 1.807) is 6.92 Å². The van der Waals surface area contributed by atoms with Gasteiger partial charge in [-0.2, -0.15) is 9.97 Å². The lowest BCUT2D eigenvalue weighted by molar-refractivity contribution is -0.0906. The average molecular weight is 768 g/mol. The molecule has 1 spiro atoms. The van der Waals surface area contributed by atoms with Crippen molar-refractivity contribution < 1.29 is 33.2 Å². The van der Waals surface area contributed by atoms with E-state index in [-0.39, 0.29) is 69.3 Å². The Morgan fingerprint density at radius 3 is 2.59 bits per heavy atom. The average Bonchev–Trinajstić information content (AvgIpc) is 3.53. The van der Waals surface area contributed by atoms with Crippen LogP contribution in [0.2, 0.25) is 0 Å². The molecule has 0 bridgehead atoms. The van der Waals surface area contributed by atoms with Gasteiger partial charge in [-0.25, -0.2) is 13.8 Å². The van der Waals surface area contributed by atoms with E-state index in [1.807, 2.05) is 4.90 Å². The molecule has 0 amide bonds. The number of ether oxygens (including phenoxy) is 3. The lowest BCUT2D eigenvalue weighted by atomic mass is 9.57. The van der Waals surface area contributed by atoms with Crippen LogP contribution in [0.3, 0.4) is 0 Å². The molecule has 5 fully saturated rings. The molecule has 0 unspecified atom stereocenters. The lowest BCUT2D eigenvalue weighted by Crippen LogP contribution is -2.60. The van der Waals surface area contributed by atoms with Crippen LogP contribution in [0.4, 0.5) is 14.6 Å². The third-order valence-corrected chi connectivity index (χ3v) is 13.7. The van der Waals surface area contributed by atoms with Crippen molar-refractivity contribution in [2.45, 2.75) is 102 Å². The second kappa shape index (κ2) is 14.3. The van der Waals surface area contributed by atoms with Crippen molar-refractivity contribution in [2.75, 3.05) is 51.5 Å². The Hall–Kier alpha value is -4.31. The van der Waals surface area contributed by atoms with E-state index in [9.17, 15) is 10.2 Å². The first-order valence-electron chi connectivity index (χ1n) is 20.3. The number of rotatable bonds is 7. The number of methoxy groups -OCH3 is 1. The maximum atomic E-state index is 17.4.